The second-order valence-electron chi connectivity index (χ2n) is 5.88. The van der Waals surface area contributed by atoms with Crippen LogP contribution in [0.4, 0.5) is 0 Å². The van der Waals surface area contributed by atoms with Gasteiger partial charge in [-0.15, -0.1) is 0 Å². The van der Waals surface area contributed by atoms with Crippen LogP contribution in [0.25, 0.3) is 0 Å². The predicted octanol–water partition coefficient (Wildman–Crippen LogP) is 3.22. The van der Waals surface area contributed by atoms with E-state index in [1.165, 1.54) is 5.56 Å². The topological polar surface area (TPSA) is 20.3 Å². The molecular weight excluding hydrogens is 222 g/mol. The van der Waals surface area contributed by atoms with Gasteiger partial charge >= 0.3 is 0 Å². The zero-order chi connectivity index (χ0) is 13.2. The molecule has 1 amide bonds. The van der Waals surface area contributed by atoms with Crippen LogP contribution < -0.4 is 0 Å². The minimum absolute atomic E-state index is 0.231. The summed E-state index contributed by atoms with van der Waals surface area (Å²) in [5.74, 6) is 0.820. The van der Waals surface area contributed by atoms with E-state index in [1.807, 2.05) is 30.1 Å². The SMILES string of the molecule is CC(C)CN(C)C(=O)C1(c2ccccc2)CCC1. The molecule has 0 aromatic heterocycles. The molecule has 0 spiro atoms. The third-order valence-corrected chi connectivity index (χ3v) is 3.93. The number of nitrogens with zero attached hydrogens (tertiary/aromatic N) is 1. The van der Waals surface area contributed by atoms with Crippen molar-refractivity contribution in [2.75, 3.05) is 13.6 Å². The van der Waals surface area contributed by atoms with Crippen LogP contribution in [-0.2, 0) is 10.2 Å². The van der Waals surface area contributed by atoms with Gasteiger partial charge in [0.1, 0.15) is 0 Å². The van der Waals surface area contributed by atoms with Crippen molar-refractivity contribution in [1.29, 1.82) is 0 Å². The average molecular weight is 245 g/mol. The Kier molecular flexibility index (Phi) is 3.74. The molecule has 0 saturated heterocycles. The van der Waals surface area contributed by atoms with Crippen LogP contribution in [0.1, 0.15) is 38.7 Å². The number of hydrogen-bond acceptors (Lipinski definition) is 1. The first-order valence-electron chi connectivity index (χ1n) is 6.87. The van der Waals surface area contributed by atoms with Gasteiger partial charge in [0.05, 0.1) is 5.41 Å². The standard InChI is InChI=1S/C16H23NO/c1-13(2)12-17(3)15(18)16(10-7-11-16)14-8-5-4-6-9-14/h4-6,8-9,13H,7,10-12H2,1-3H3. The van der Waals surface area contributed by atoms with E-state index < -0.39 is 0 Å². The molecule has 2 rings (SSSR count). The summed E-state index contributed by atoms with van der Waals surface area (Å²) in [7, 11) is 1.94. The van der Waals surface area contributed by atoms with Gasteiger partial charge < -0.3 is 4.90 Å². The van der Waals surface area contributed by atoms with Crippen LogP contribution >= 0.6 is 0 Å². The highest BCUT2D eigenvalue weighted by Gasteiger charge is 2.46. The quantitative estimate of drug-likeness (QED) is 0.797. The second kappa shape index (κ2) is 5.13. The molecule has 98 valence electrons. The van der Waals surface area contributed by atoms with Crippen molar-refractivity contribution in [3.8, 4) is 0 Å². The first-order chi connectivity index (χ1) is 8.56. The van der Waals surface area contributed by atoms with Gasteiger partial charge in [0.2, 0.25) is 5.91 Å². The van der Waals surface area contributed by atoms with Crippen molar-refractivity contribution in [3.63, 3.8) is 0 Å². The van der Waals surface area contributed by atoms with Crippen molar-refractivity contribution in [2.24, 2.45) is 5.92 Å². The van der Waals surface area contributed by atoms with E-state index >= 15 is 0 Å². The number of rotatable bonds is 4. The Morgan fingerprint density at radius 3 is 2.33 bits per heavy atom. The summed E-state index contributed by atoms with van der Waals surface area (Å²) >= 11 is 0. The molecule has 1 aromatic rings. The van der Waals surface area contributed by atoms with Crippen LogP contribution in [-0.4, -0.2) is 24.4 Å². The highest BCUT2D eigenvalue weighted by Crippen LogP contribution is 2.45. The third-order valence-electron chi connectivity index (χ3n) is 3.93. The largest absolute Gasteiger partial charge is 0.345 e. The number of carbonyl (C=O) groups is 1. The third kappa shape index (κ3) is 2.29. The summed E-state index contributed by atoms with van der Waals surface area (Å²) in [5, 5.41) is 0. The maximum absolute atomic E-state index is 12.7. The smallest absolute Gasteiger partial charge is 0.232 e. The summed E-state index contributed by atoms with van der Waals surface area (Å²) < 4.78 is 0. The van der Waals surface area contributed by atoms with E-state index in [4.69, 9.17) is 0 Å². The van der Waals surface area contributed by atoms with Crippen molar-refractivity contribution >= 4 is 5.91 Å². The Morgan fingerprint density at radius 2 is 1.89 bits per heavy atom. The van der Waals surface area contributed by atoms with E-state index in [-0.39, 0.29) is 5.41 Å². The molecule has 0 radical (unpaired) electrons. The van der Waals surface area contributed by atoms with E-state index in [0.29, 0.717) is 11.8 Å². The summed E-state index contributed by atoms with van der Waals surface area (Å²) in [6.45, 7) is 5.15. The molecule has 1 saturated carbocycles. The molecule has 1 aromatic carbocycles. The van der Waals surface area contributed by atoms with Gasteiger partial charge in [-0.05, 0) is 24.3 Å². The summed E-state index contributed by atoms with van der Waals surface area (Å²) in [5.41, 5.74) is 0.960. The fourth-order valence-electron chi connectivity index (χ4n) is 2.91. The summed E-state index contributed by atoms with van der Waals surface area (Å²) in [4.78, 5) is 14.6. The average Bonchev–Trinajstić information content (AvgIpc) is 2.28. The molecule has 0 aliphatic heterocycles. The Morgan fingerprint density at radius 1 is 1.28 bits per heavy atom. The first kappa shape index (κ1) is 13.1. The maximum atomic E-state index is 12.7. The van der Waals surface area contributed by atoms with Crippen molar-refractivity contribution < 1.29 is 4.79 Å². The lowest BCUT2D eigenvalue weighted by atomic mass is 9.63. The summed E-state index contributed by atoms with van der Waals surface area (Å²) in [6.07, 6.45) is 3.16. The van der Waals surface area contributed by atoms with Crippen LogP contribution in [0, 0.1) is 5.92 Å². The number of hydrogen-bond donors (Lipinski definition) is 0. The molecule has 0 bridgehead atoms. The second-order valence-corrected chi connectivity index (χ2v) is 5.88. The molecule has 0 unspecified atom stereocenters. The molecule has 18 heavy (non-hydrogen) atoms. The molecule has 1 aliphatic rings. The Hall–Kier alpha value is -1.31. The van der Waals surface area contributed by atoms with Gasteiger partial charge in [-0.1, -0.05) is 50.6 Å². The maximum Gasteiger partial charge on any atom is 0.232 e. The normalized spacial score (nSPS) is 17.3. The predicted molar refractivity (Wildman–Crippen MR) is 74.4 cm³/mol. The van der Waals surface area contributed by atoms with Crippen LogP contribution in [0.5, 0.6) is 0 Å². The number of benzene rings is 1. The van der Waals surface area contributed by atoms with Crippen molar-refractivity contribution in [2.45, 2.75) is 38.5 Å². The number of amides is 1. The van der Waals surface area contributed by atoms with E-state index in [1.54, 1.807) is 0 Å². The van der Waals surface area contributed by atoms with Crippen LogP contribution in [0.3, 0.4) is 0 Å². The molecular formula is C16H23NO. The minimum Gasteiger partial charge on any atom is -0.345 e. The Balaban J connectivity index is 2.20. The van der Waals surface area contributed by atoms with Gasteiger partial charge in [-0.3, -0.25) is 4.79 Å². The molecule has 0 atom stereocenters. The molecule has 2 nitrogen and oxygen atoms in total. The zero-order valence-electron chi connectivity index (χ0n) is 11.6. The van der Waals surface area contributed by atoms with E-state index in [2.05, 4.69) is 26.0 Å². The van der Waals surface area contributed by atoms with E-state index in [9.17, 15) is 4.79 Å². The molecule has 2 heteroatoms. The van der Waals surface area contributed by atoms with Gasteiger partial charge in [-0.2, -0.15) is 0 Å². The minimum atomic E-state index is -0.231. The van der Waals surface area contributed by atoms with Crippen LogP contribution in [0.15, 0.2) is 30.3 Å². The van der Waals surface area contributed by atoms with Crippen molar-refractivity contribution in [1.82, 2.24) is 4.90 Å². The monoisotopic (exact) mass is 245 g/mol. The Bertz CT molecular complexity index is 406. The fraction of sp³-hybridized carbons (Fsp3) is 0.562. The highest BCUT2D eigenvalue weighted by atomic mass is 16.2. The van der Waals surface area contributed by atoms with Gasteiger partial charge in [0, 0.05) is 13.6 Å². The van der Waals surface area contributed by atoms with Crippen LogP contribution in [0.2, 0.25) is 0 Å². The Labute approximate surface area is 110 Å². The van der Waals surface area contributed by atoms with Crippen molar-refractivity contribution in [3.05, 3.63) is 35.9 Å². The van der Waals surface area contributed by atoms with Gasteiger partial charge in [-0.25, -0.2) is 0 Å². The highest BCUT2D eigenvalue weighted by molar-refractivity contribution is 5.89. The van der Waals surface area contributed by atoms with Gasteiger partial charge in [0.15, 0.2) is 0 Å². The fourth-order valence-corrected chi connectivity index (χ4v) is 2.91. The number of carbonyl (C=O) groups excluding carboxylic acids is 1. The molecule has 0 N–H and O–H groups in total. The molecule has 1 aliphatic carbocycles. The lowest BCUT2D eigenvalue weighted by molar-refractivity contribution is -0.140. The van der Waals surface area contributed by atoms with Gasteiger partial charge in [0.25, 0.3) is 0 Å². The van der Waals surface area contributed by atoms with E-state index in [0.717, 1.165) is 25.8 Å². The zero-order valence-corrected chi connectivity index (χ0v) is 11.6. The summed E-state index contributed by atoms with van der Waals surface area (Å²) in [6, 6.07) is 10.3. The number of likely N-dealkylation sites (N-methyl/N-ethyl adjacent to an activating group) is 1. The lowest BCUT2D eigenvalue weighted by Gasteiger charge is -2.43. The molecule has 1 fully saturated rings. The molecule has 0 heterocycles. The lowest BCUT2D eigenvalue weighted by Crippen LogP contribution is -2.50. The first-order valence-corrected chi connectivity index (χ1v) is 6.87.